The fourth-order valence-electron chi connectivity index (χ4n) is 2.71. The quantitative estimate of drug-likeness (QED) is 0.610. The lowest BCUT2D eigenvalue weighted by atomic mass is 10.1. The van der Waals surface area contributed by atoms with Gasteiger partial charge in [0.2, 0.25) is 0 Å². The molecule has 0 fully saturated rings. The van der Waals surface area contributed by atoms with E-state index in [0.29, 0.717) is 25.4 Å². The van der Waals surface area contributed by atoms with Crippen molar-refractivity contribution in [2.45, 2.75) is 20.1 Å². The van der Waals surface area contributed by atoms with Crippen LogP contribution in [0.15, 0.2) is 78.9 Å². The lowest BCUT2D eigenvalue weighted by molar-refractivity contribution is 0.101. The van der Waals surface area contributed by atoms with Gasteiger partial charge >= 0.3 is 0 Å². The summed E-state index contributed by atoms with van der Waals surface area (Å²) in [6.07, 6.45) is 0. The lowest BCUT2D eigenvalue weighted by Gasteiger charge is -2.13. The number of hydrogen-bond donors (Lipinski definition) is 1. The van der Waals surface area contributed by atoms with Crippen LogP contribution in [0.25, 0.3) is 0 Å². The Bertz CT molecular complexity index is 863. The molecule has 0 spiro atoms. The molecule has 3 rings (SSSR count). The van der Waals surface area contributed by atoms with Crippen LogP contribution >= 0.6 is 0 Å². The Hall–Kier alpha value is -3.11. The SMILES string of the molecule is CCOc1ccc(C(=O)Nc2ccccc2)cc1COCc1ccccc1. The maximum absolute atomic E-state index is 12.5. The molecule has 0 aliphatic heterocycles. The van der Waals surface area contributed by atoms with Gasteiger partial charge in [0.15, 0.2) is 0 Å². The maximum Gasteiger partial charge on any atom is 0.255 e. The maximum atomic E-state index is 12.5. The van der Waals surface area contributed by atoms with Crippen LogP contribution in [0.1, 0.15) is 28.4 Å². The lowest BCUT2D eigenvalue weighted by Crippen LogP contribution is -2.12. The summed E-state index contributed by atoms with van der Waals surface area (Å²) in [5.41, 5.74) is 3.29. The highest BCUT2D eigenvalue weighted by Gasteiger charge is 2.11. The second-order valence-corrected chi connectivity index (χ2v) is 6.05. The van der Waals surface area contributed by atoms with Crippen LogP contribution in [-0.4, -0.2) is 12.5 Å². The van der Waals surface area contributed by atoms with Crippen LogP contribution in [-0.2, 0) is 18.0 Å². The first-order valence-corrected chi connectivity index (χ1v) is 9.00. The molecule has 0 aliphatic carbocycles. The zero-order valence-electron chi connectivity index (χ0n) is 15.4. The number of hydrogen-bond acceptors (Lipinski definition) is 3. The van der Waals surface area contributed by atoms with E-state index in [1.807, 2.05) is 79.7 Å². The normalized spacial score (nSPS) is 10.4. The van der Waals surface area contributed by atoms with Crippen molar-refractivity contribution in [2.24, 2.45) is 0 Å². The number of anilines is 1. The van der Waals surface area contributed by atoms with Crippen LogP contribution in [0, 0.1) is 0 Å². The number of amides is 1. The Kier molecular flexibility index (Phi) is 6.61. The fourth-order valence-corrected chi connectivity index (χ4v) is 2.71. The van der Waals surface area contributed by atoms with E-state index >= 15 is 0 Å². The van der Waals surface area contributed by atoms with Crippen molar-refractivity contribution in [1.29, 1.82) is 0 Å². The van der Waals surface area contributed by atoms with Gasteiger partial charge in [-0.1, -0.05) is 48.5 Å². The Balaban J connectivity index is 1.70. The number of carbonyl (C=O) groups excluding carboxylic acids is 1. The summed E-state index contributed by atoms with van der Waals surface area (Å²) in [4.78, 5) is 12.5. The van der Waals surface area contributed by atoms with E-state index < -0.39 is 0 Å². The number of carbonyl (C=O) groups is 1. The van der Waals surface area contributed by atoms with Crippen LogP contribution in [0.3, 0.4) is 0 Å². The first-order valence-electron chi connectivity index (χ1n) is 9.00. The molecule has 1 amide bonds. The van der Waals surface area contributed by atoms with Gasteiger partial charge in [-0.15, -0.1) is 0 Å². The second kappa shape index (κ2) is 9.55. The topological polar surface area (TPSA) is 47.6 Å². The van der Waals surface area contributed by atoms with Crippen molar-refractivity contribution in [2.75, 3.05) is 11.9 Å². The first kappa shape index (κ1) is 18.7. The summed E-state index contributed by atoms with van der Waals surface area (Å²) >= 11 is 0. The van der Waals surface area contributed by atoms with Crippen molar-refractivity contribution in [3.63, 3.8) is 0 Å². The molecule has 3 aromatic carbocycles. The Labute approximate surface area is 159 Å². The van der Waals surface area contributed by atoms with Crippen molar-refractivity contribution in [1.82, 2.24) is 0 Å². The number of benzene rings is 3. The third kappa shape index (κ3) is 5.43. The monoisotopic (exact) mass is 361 g/mol. The summed E-state index contributed by atoms with van der Waals surface area (Å²) in [7, 11) is 0. The molecule has 0 heterocycles. The summed E-state index contributed by atoms with van der Waals surface area (Å²) in [5, 5.41) is 2.90. The molecule has 4 heteroatoms. The van der Waals surface area contributed by atoms with E-state index in [2.05, 4.69) is 5.32 Å². The smallest absolute Gasteiger partial charge is 0.255 e. The summed E-state index contributed by atoms with van der Waals surface area (Å²) in [6.45, 7) is 3.37. The molecule has 3 aromatic rings. The molecule has 138 valence electrons. The molecule has 0 atom stereocenters. The van der Waals surface area contributed by atoms with Gasteiger partial charge in [0.1, 0.15) is 5.75 Å². The van der Waals surface area contributed by atoms with E-state index in [1.165, 1.54) is 0 Å². The highest BCUT2D eigenvalue weighted by Crippen LogP contribution is 2.22. The van der Waals surface area contributed by atoms with Crippen molar-refractivity contribution >= 4 is 11.6 Å². The van der Waals surface area contributed by atoms with E-state index in [0.717, 1.165) is 22.6 Å². The Morgan fingerprint density at radius 2 is 1.59 bits per heavy atom. The minimum Gasteiger partial charge on any atom is -0.494 e. The molecule has 0 saturated heterocycles. The highest BCUT2D eigenvalue weighted by molar-refractivity contribution is 6.04. The third-order valence-corrected chi connectivity index (χ3v) is 4.02. The molecule has 0 aromatic heterocycles. The molecule has 0 aliphatic rings. The van der Waals surface area contributed by atoms with E-state index in [4.69, 9.17) is 9.47 Å². The predicted octanol–water partition coefficient (Wildman–Crippen LogP) is 5.05. The number of ether oxygens (including phenoxy) is 2. The minimum absolute atomic E-state index is 0.159. The van der Waals surface area contributed by atoms with Gasteiger partial charge in [-0.2, -0.15) is 0 Å². The molecule has 1 N–H and O–H groups in total. The molecular weight excluding hydrogens is 338 g/mol. The summed E-state index contributed by atoms with van der Waals surface area (Å²) in [5.74, 6) is 0.579. The van der Waals surface area contributed by atoms with Gasteiger partial charge in [0.05, 0.1) is 19.8 Å². The third-order valence-electron chi connectivity index (χ3n) is 4.02. The minimum atomic E-state index is -0.159. The van der Waals surface area contributed by atoms with Gasteiger partial charge < -0.3 is 14.8 Å². The van der Waals surface area contributed by atoms with E-state index in [9.17, 15) is 4.79 Å². The van der Waals surface area contributed by atoms with Crippen molar-refractivity contribution in [3.05, 3.63) is 95.6 Å². The average molecular weight is 361 g/mol. The largest absolute Gasteiger partial charge is 0.494 e. The number of rotatable bonds is 8. The van der Waals surface area contributed by atoms with Crippen LogP contribution < -0.4 is 10.1 Å². The molecule has 0 bridgehead atoms. The summed E-state index contributed by atoms with van der Waals surface area (Å²) < 4.78 is 11.5. The number of para-hydroxylation sites is 1. The van der Waals surface area contributed by atoms with Gasteiger partial charge in [-0.05, 0) is 42.8 Å². The zero-order chi connectivity index (χ0) is 18.9. The molecule has 0 radical (unpaired) electrons. The van der Waals surface area contributed by atoms with Gasteiger partial charge in [-0.3, -0.25) is 4.79 Å². The standard InChI is InChI=1S/C23H23NO3/c1-2-27-22-14-13-19(23(25)24-21-11-7-4-8-12-21)15-20(22)17-26-16-18-9-5-3-6-10-18/h3-15H,2,16-17H2,1H3,(H,24,25). The van der Waals surface area contributed by atoms with Gasteiger partial charge in [0, 0.05) is 16.8 Å². The van der Waals surface area contributed by atoms with Crippen molar-refractivity contribution in [3.8, 4) is 5.75 Å². The molecule has 4 nitrogen and oxygen atoms in total. The van der Waals surface area contributed by atoms with Crippen LogP contribution in [0.4, 0.5) is 5.69 Å². The van der Waals surface area contributed by atoms with E-state index in [-0.39, 0.29) is 5.91 Å². The number of nitrogens with one attached hydrogen (secondary N) is 1. The molecule has 0 saturated carbocycles. The zero-order valence-corrected chi connectivity index (χ0v) is 15.4. The average Bonchev–Trinajstić information content (AvgIpc) is 2.71. The van der Waals surface area contributed by atoms with Gasteiger partial charge in [0.25, 0.3) is 5.91 Å². The van der Waals surface area contributed by atoms with Gasteiger partial charge in [-0.25, -0.2) is 0 Å². The fraction of sp³-hybridized carbons (Fsp3) is 0.174. The summed E-state index contributed by atoms with van der Waals surface area (Å²) in [6, 6.07) is 24.8. The van der Waals surface area contributed by atoms with E-state index in [1.54, 1.807) is 6.07 Å². The van der Waals surface area contributed by atoms with Crippen molar-refractivity contribution < 1.29 is 14.3 Å². The highest BCUT2D eigenvalue weighted by atomic mass is 16.5. The predicted molar refractivity (Wildman–Crippen MR) is 107 cm³/mol. The molecule has 27 heavy (non-hydrogen) atoms. The molecule has 0 unspecified atom stereocenters. The first-order chi connectivity index (χ1) is 13.3. The van der Waals surface area contributed by atoms with Crippen LogP contribution in [0.5, 0.6) is 5.75 Å². The Morgan fingerprint density at radius 3 is 2.30 bits per heavy atom. The molecular formula is C23H23NO3. The van der Waals surface area contributed by atoms with Crippen LogP contribution in [0.2, 0.25) is 0 Å². The Morgan fingerprint density at radius 1 is 0.889 bits per heavy atom. The second-order valence-electron chi connectivity index (χ2n) is 6.05.